The maximum absolute atomic E-state index is 13.7. The number of amides is 5. The third kappa shape index (κ3) is 10.4. The van der Waals surface area contributed by atoms with Gasteiger partial charge in [0.1, 0.15) is 23.9 Å². The van der Waals surface area contributed by atoms with E-state index in [1.807, 2.05) is 44.2 Å². The van der Waals surface area contributed by atoms with Crippen LogP contribution in [-0.2, 0) is 27.3 Å². The molecule has 12 heteroatoms. The van der Waals surface area contributed by atoms with Crippen molar-refractivity contribution >= 4 is 35.4 Å². The Morgan fingerprint density at radius 2 is 1.58 bits per heavy atom. The molecular weight excluding hydrogens is 610 g/mol. The summed E-state index contributed by atoms with van der Waals surface area (Å²) < 4.78 is 0. The molecule has 0 aliphatic carbocycles. The van der Waals surface area contributed by atoms with Crippen LogP contribution in [0.5, 0.6) is 0 Å². The lowest BCUT2D eigenvalue weighted by molar-refractivity contribution is -0.132. The second-order valence-electron chi connectivity index (χ2n) is 12.5. The number of pyridine rings is 1. The van der Waals surface area contributed by atoms with Crippen molar-refractivity contribution in [1.29, 1.82) is 0 Å². The summed E-state index contributed by atoms with van der Waals surface area (Å²) in [5.41, 5.74) is 8.08. The number of nitrogen functional groups attached to an aromatic ring is 1. The van der Waals surface area contributed by atoms with Crippen LogP contribution in [0.15, 0.2) is 72.9 Å². The van der Waals surface area contributed by atoms with Gasteiger partial charge in [-0.2, -0.15) is 0 Å². The maximum atomic E-state index is 13.7. The summed E-state index contributed by atoms with van der Waals surface area (Å²) in [6, 6.07) is 16.6. The Labute approximate surface area is 281 Å². The molecule has 3 heterocycles. The van der Waals surface area contributed by atoms with Crippen LogP contribution in [0.1, 0.15) is 71.9 Å². The van der Waals surface area contributed by atoms with Crippen molar-refractivity contribution in [3.63, 3.8) is 0 Å². The van der Waals surface area contributed by atoms with E-state index in [0.717, 1.165) is 11.1 Å². The number of hydrogen-bond acceptors (Lipinski definition) is 7. The zero-order chi connectivity index (χ0) is 34.6. The van der Waals surface area contributed by atoms with Gasteiger partial charge in [-0.1, -0.05) is 56.3 Å². The molecular formula is C36H45N7O5. The minimum absolute atomic E-state index is 0.0584. The first-order valence-electron chi connectivity index (χ1n) is 16.3. The van der Waals surface area contributed by atoms with Gasteiger partial charge in [0.2, 0.25) is 17.7 Å². The van der Waals surface area contributed by atoms with Gasteiger partial charge in [0, 0.05) is 37.8 Å². The predicted molar refractivity (Wildman–Crippen MR) is 182 cm³/mol. The smallest absolute Gasteiger partial charge is 0.255 e. The molecule has 12 nitrogen and oxygen atoms in total. The quantitative estimate of drug-likeness (QED) is 0.263. The summed E-state index contributed by atoms with van der Waals surface area (Å²) >= 11 is 0. The van der Waals surface area contributed by atoms with E-state index in [9.17, 15) is 24.0 Å². The van der Waals surface area contributed by atoms with E-state index in [2.05, 4.69) is 26.3 Å². The zero-order valence-corrected chi connectivity index (χ0v) is 27.7. The highest BCUT2D eigenvalue weighted by molar-refractivity contribution is 5.99. The van der Waals surface area contributed by atoms with E-state index in [1.165, 1.54) is 6.20 Å². The lowest BCUT2D eigenvalue weighted by Crippen LogP contribution is -2.57. The Balaban J connectivity index is 1.62. The number of benzene rings is 2. The fourth-order valence-electron chi connectivity index (χ4n) is 5.40. The third-order valence-electron chi connectivity index (χ3n) is 8.06. The number of fused-ring (bicyclic) bond motifs is 18. The van der Waals surface area contributed by atoms with Crippen LogP contribution in [0.3, 0.4) is 0 Å². The van der Waals surface area contributed by atoms with Crippen molar-refractivity contribution in [2.75, 3.05) is 18.8 Å². The number of carbonyl (C=O) groups excluding carboxylic acids is 5. The van der Waals surface area contributed by atoms with Crippen molar-refractivity contribution in [2.45, 2.75) is 71.1 Å². The van der Waals surface area contributed by atoms with Crippen molar-refractivity contribution in [2.24, 2.45) is 5.92 Å². The summed E-state index contributed by atoms with van der Waals surface area (Å²) in [4.78, 5) is 72.6. The average molecular weight is 656 g/mol. The highest BCUT2D eigenvalue weighted by Crippen LogP contribution is 2.15. The van der Waals surface area contributed by atoms with Crippen molar-refractivity contribution in [3.05, 3.63) is 95.2 Å². The molecule has 2 aromatic carbocycles. The topological polar surface area (TPSA) is 176 Å². The molecule has 0 fully saturated rings. The predicted octanol–water partition coefficient (Wildman–Crippen LogP) is 2.59. The van der Waals surface area contributed by atoms with Crippen LogP contribution in [0.2, 0.25) is 0 Å². The molecule has 0 radical (unpaired) electrons. The number of rotatable bonds is 5. The second-order valence-corrected chi connectivity index (χ2v) is 12.5. The normalized spacial score (nSPS) is 20.2. The van der Waals surface area contributed by atoms with Gasteiger partial charge in [-0.25, -0.2) is 4.98 Å². The summed E-state index contributed by atoms with van der Waals surface area (Å²) in [7, 11) is 0. The fraction of sp³-hybridized carbons (Fsp3) is 0.389. The van der Waals surface area contributed by atoms with Crippen LogP contribution in [-0.4, -0.2) is 70.6 Å². The van der Waals surface area contributed by atoms with Gasteiger partial charge < -0.3 is 31.9 Å². The van der Waals surface area contributed by atoms with Crippen LogP contribution in [0.4, 0.5) is 5.82 Å². The lowest BCUT2D eigenvalue weighted by Gasteiger charge is -2.25. The zero-order valence-electron chi connectivity index (χ0n) is 27.7. The van der Waals surface area contributed by atoms with E-state index in [1.54, 1.807) is 48.2 Å². The standard InChI is InChI=1S/C36H45N7O5/c1-23(2)19-29-34(46)40-24(3)32(44)38-17-7-8-18-43(36(48)28-15-16-31(37)39-21-28)22-26-11-13-27(14-12-26)33(45)41-30(35(47)42-29)20-25-9-5-4-6-10-25/h4-6,9-16,21,23-24,29-30H,7-8,17-20,22H2,1-3H3,(H2,37,39)(H,38,44)(H,40,46)(H,41,45)(H,42,47)/t24-,29+,30-/m1/s1. The van der Waals surface area contributed by atoms with Gasteiger partial charge in [-0.15, -0.1) is 0 Å². The Bertz CT molecular complexity index is 1560. The molecule has 0 saturated carbocycles. The Morgan fingerprint density at radius 1 is 0.875 bits per heavy atom. The molecule has 254 valence electrons. The van der Waals surface area contributed by atoms with Gasteiger partial charge in [0.25, 0.3) is 11.8 Å². The summed E-state index contributed by atoms with van der Waals surface area (Å²) in [5.74, 6) is -1.69. The minimum atomic E-state index is -0.987. The van der Waals surface area contributed by atoms with Gasteiger partial charge in [-0.3, -0.25) is 24.0 Å². The molecule has 6 N–H and O–H groups in total. The first-order chi connectivity index (χ1) is 23.0. The summed E-state index contributed by atoms with van der Waals surface area (Å²) in [6.07, 6.45) is 3.16. The number of nitrogens with zero attached hydrogens (tertiary/aromatic N) is 2. The minimum Gasteiger partial charge on any atom is -0.384 e. The largest absolute Gasteiger partial charge is 0.384 e. The fourth-order valence-corrected chi connectivity index (χ4v) is 5.40. The molecule has 48 heavy (non-hydrogen) atoms. The Kier molecular flexibility index (Phi) is 12.6. The molecule has 1 aromatic heterocycles. The number of anilines is 1. The van der Waals surface area contributed by atoms with Crippen molar-refractivity contribution in [1.82, 2.24) is 31.2 Å². The molecule has 5 amide bonds. The van der Waals surface area contributed by atoms with Crippen molar-refractivity contribution < 1.29 is 24.0 Å². The van der Waals surface area contributed by atoms with Gasteiger partial charge in [0.05, 0.1) is 5.56 Å². The van der Waals surface area contributed by atoms with Crippen LogP contribution < -0.4 is 27.0 Å². The first-order valence-corrected chi connectivity index (χ1v) is 16.3. The van der Waals surface area contributed by atoms with E-state index in [-0.39, 0.29) is 30.7 Å². The number of nitrogens with one attached hydrogen (secondary N) is 4. The molecule has 0 saturated heterocycles. The summed E-state index contributed by atoms with van der Waals surface area (Å²) in [5, 5.41) is 11.3. The Morgan fingerprint density at radius 3 is 2.25 bits per heavy atom. The molecule has 0 spiro atoms. The van der Waals surface area contributed by atoms with E-state index in [0.29, 0.717) is 49.3 Å². The second kappa shape index (κ2) is 17.1. The molecule has 5 rings (SSSR count). The third-order valence-corrected chi connectivity index (χ3v) is 8.06. The number of carbonyl (C=O) groups is 5. The number of hydrogen-bond donors (Lipinski definition) is 5. The first kappa shape index (κ1) is 35.6. The maximum Gasteiger partial charge on any atom is 0.255 e. The van der Waals surface area contributed by atoms with Crippen LogP contribution >= 0.6 is 0 Å². The lowest BCUT2D eigenvalue weighted by atomic mass is 10.0. The molecule has 0 unspecified atom stereocenters. The van der Waals surface area contributed by atoms with Gasteiger partial charge in [-0.05, 0) is 67.5 Å². The average Bonchev–Trinajstić information content (AvgIpc) is 3.07. The SMILES string of the molecule is CC(C)C[C@@H]1NC(=O)[C@@H](Cc2ccccc2)NC(=O)c2ccc(cc2)CN(C(=O)c2ccc(N)nc2)CCCCNC(=O)[C@@H](C)NC1=O. The monoisotopic (exact) mass is 655 g/mol. The highest BCUT2D eigenvalue weighted by atomic mass is 16.2. The van der Waals surface area contributed by atoms with Crippen molar-refractivity contribution in [3.8, 4) is 0 Å². The molecule has 3 aromatic rings. The molecule has 3 atom stereocenters. The molecule has 2 aliphatic rings. The highest BCUT2D eigenvalue weighted by Gasteiger charge is 2.29. The van der Waals surface area contributed by atoms with Crippen LogP contribution in [0.25, 0.3) is 0 Å². The van der Waals surface area contributed by atoms with E-state index in [4.69, 9.17) is 5.73 Å². The van der Waals surface area contributed by atoms with Crippen LogP contribution in [0, 0.1) is 5.92 Å². The van der Waals surface area contributed by atoms with E-state index >= 15 is 0 Å². The van der Waals surface area contributed by atoms with Gasteiger partial charge in [0.15, 0.2) is 0 Å². The number of aromatic nitrogens is 1. The van der Waals surface area contributed by atoms with E-state index < -0.39 is 35.8 Å². The molecule has 2 bridgehead atoms. The number of nitrogens with two attached hydrogens (primary N) is 1. The Hall–Kier alpha value is -5.26. The summed E-state index contributed by atoms with van der Waals surface area (Å²) in [6.45, 7) is 6.48. The van der Waals surface area contributed by atoms with Gasteiger partial charge >= 0.3 is 0 Å². The molecule has 2 aliphatic heterocycles.